The van der Waals surface area contributed by atoms with Gasteiger partial charge in [-0.05, 0) is 48.9 Å². The van der Waals surface area contributed by atoms with E-state index in [-0.39, 0.29) is 50.0 Å². The zero-order valence-electron chi connectivity index (χ0n) is 23.8. The van der Waals surface area contributed by atoms with E-state index in [0.717, 1.165) is 24.3 Å². The van der Waals surface area contributed by atoms with Crippen molar-refractivity contribution in [3.05, 3.63) is 83.5 Å². The number of likely N-dealkylation sites (N-methyl/N-ethyl adjacent to an activating group) is 1. The summed E-state index contributed by atoms with van der Waals surface area (Å²) in [6.45, 7) is 2.39. The summed E-state index contributed by atoms with van der Waals surface area (Å²) in [5.41, 5.74) is 1.28. The average Bonchev–Trinajstić information content (AvgIpc) is 3.29. The number of carbonyl (C=O) groups excluding carboxylic acids is 3. The Morgan fingerprint density at radius 1 is 1.07 bits per heavy atom. The van der Waals surface area contributed by atoms with Crippen LogP contribution in [0.5, 0.6) is 0 Å². The first-order valence-corrected chi connectivity index (χ1v) is 13.7. The van der Waals surface area contributed by atoms with E-state index in [0.29, 0.717) is 29.2 Å². The van der Waals surface area contributed by atoms with Gasteiger partial charge in [-0.2, -0.15) is 24.0 Å². The minimum atomic E-state index is -4.48. The number of nitrogens with zero attached hydrogens (tertiary/aromatic N) is 4. The molecule has 2 aromatic rings. The maximum atomic E-state index is 13.4. The molecular weight excluding hydrogens is 581 g/mol. The molecular formula is C29H32F3N8O4+. The fraction of sp³-hybridized carbons (Fsp3) is 0.276. The van der Waals surface area contributed by atoms with Crippen molar-refractivity contribution in [1.82, 2.24) is 10.2 Å². The fourth-order valence-corrected chi connectivity index (χ4v) is 4.59. The van der Waals surface area contributed by atoms with E-state index in [1.165, 1.54) is 23.5 Å². The van der Waals surface area contributed by atoms with E-state index in [1.54, 1.807) is 24.3 Å². The molecule has 1 atom stereocenters. The Labute approximate surface area is 251 Å². The number of alkyl halides is 3. The van der Waals surface area contributed by atoms with E-state index in [2.05, 4.69) is 25.9 Å². The van der Waals surface area contributed by atoms with E-state index in [4.69, 9.17) is 5.84 Å². The lowest BCUT2D eigenvalue weighted by Crippen LogP contribution is -2.56. The number of carbonyl (C=O) groups is 3. The first kappa shape index (κ1) is 32.1. The third-order valence-electron chi connectivity index (χ3n) is 6.86. The van der Waals surface area contributed by atoms with Crippen molar-refractivity contribution >= 4 is 41.3 Å². The molecule has 0 fully saturated rings. The van der Waals surface area contributed by atoms with Crippen LogP contribution in [0.2, 0.25) is 0 Å². The van der Waals surface area contributed by atoms with E-state index >= 15 is 0 Å². The van der Waals surface area contributed by atoms with Crippen molar-refractivity contribution < 1.29 is 37.3 Å². The standard InChI is InChI=1S/C29H31F3N8O4/c1-2-39(13-15-41)25(42)11-10-23-24-18-34-12-14-40(24,33)26(38-23)27(43)36-22-5-3-4-19(16-22)17-35-28(44)37-21-8-6-20(7-9-21)29(30,31)32/h3-9,12,14,16,18,41H,2,10-11,13,15,17,33H2,1H3,(H2-,35,36,37,43,44)/p+1. The van der Waals surface area contributed by atoms with Crippen LogP contribution in [-0.2, 0) is 22.3 Å². The number of urea groups is 1. The molecule has 4 amide bonds. The summed E-state index contributed by atoms with van der Waals surface area (Å²) < 4.78 is 37.7. The number of aliphatic imine (C=N–C) groups is 2. The third kappa shape index (κ3) is 7.55. The summed E-state index contributed by atoms with van der Waals surface area (Å²) in [7, 11) is 0. The fourth-order valence-electron chi connectivity index (χ4n) is 4.59. The number of nitrogens with two attached hydrogens (primary N) is 1. The van der Waals surface area contributed by atoms with Crippen molar-refractivity contribution in [1.29, 1.82) is 0 Å². The predicted octanol–water partition coefficient (Wildman–Crippen LogP) is 3.46. The molecule has 2 aromatic carbocycles. The summed E-state index contributed by atoms with van der Waals surface area (Å²) in [4.78, 5) is 48.4. The maximum Gasteiger partial charge on any atom is 0.416 e. The number of hydrogen-bond acceptors (Lipinski definition) is 7. The van der Waals surface area contributed by atoms with Gasteiger partial charge in [-0.3, -0.25) is 14.6 Å². The van der Waals surface area contributed by atoms with Crippen molar-refractivity contribution in [3.63, 3.8) is 0 Å². The molecule has 0 saturated heterocycles. The number of hydrogen-bond donors (Lipinski definition) is 5. The molecule has 232 valence electrons. The molecule has 44 heavy (non-hydrogen) atoms. The Bertz CT molecular complexity index is 1540. The third-order valence-corrected chi connectivity index (χ3v) is 6.86. The quantitative estimate of drug-likeness (QED) is 0.194. The lowest BCUT2D eigenvalue weighted by atomic mass is 10.2. The number of halogens is 3. The van der Waals surface area contributed by atoms with Crippen LogP contribution < -0.4 is 21.8 Å². The van der Waals surface area contributed by atoms with Crippen LogP contribution in [0.15, 0.2) is 82.3 Å². The molecule has 2 aliphatic rings. The Morgan fingerprint density at radius 3 is 2.50 bits per heavy atom. The van der Waals surface area contributed by atoms with Gasteiger partial charge in [0.25, 0.3) is 0 Å². The second-order valence-electron chi connectivity index (χ2n) is 9.86. The highest BCUT2D eigenvalue weighted by atomic mass is 19.4. The normalized spacial score (nSPS) is 17.2. The number of nitrogens with one attached hydrogen (secondary N) is 3. The Balaban J connectivity index is 1.38. The van der Waals surface area contributed by atoms with Gasteiger partial charge in [-0.1, -0.05) is 12.1 Å². The van der Waals surface area contributed by atoms with E-state index in [1.807, 2.05) is 6.92 Å². The number of aliphatic hydroxyl groups is 1. The number of benzene rings is 2. The maximum absolute atomic E-state index is 13.4. The first-order chi connectivity index (χ1) is 20.9. The molecule has 2 aliphatic heterocycles. The summed E-state index contributed by atoms with van der Waals surface area (Å²) in [6, 6.07) is 10.1. The van der Waals surface area contributed by atoms with E-state index < -0.39 is 28.3 Å². The lowest BCUT2D eigenvalue weighted by molar-refractivity contribution is -0.749. The Hall–Kier alpha value is -4.86. The molecule has 2 heterocycles. The van der Waals surface area contributed by atoms with Crippen LogP contribution in [0.4, 0.5) is 29.3 Å². The average molecular weight is 614 g/mol. The number of fused-ring (bicyclic) bond motifs is 1. The van der Waals surface area contributed by atoms with Crippen LogP contribution in [0.1, 0.15) is 30.9 Å². The van der Waals surface area contributed by atoms with Gasteiger partial charge in [0.2, 0.25) is 11.6 Å². The van der Waals surface area contributed by atoms with Gasteiger partial charge in [0.15, 0.2) is 0 Å². The van der Waals surface area contributed by atoms with Crippen molar-refractivity contribution in [2.45, 2.75) is 32.5 Å². The summed E-state index contributed by atoms with van der Waals surface area (Å²) in [6.07, 6.45) is 0.279. The zero-order valence-corrected chi connectivity index (χ0v) is 23.8. The molecule has 4 rings (SSSR count). The second-order valence-corrected chi connectivity index (χ2v) is 9.86. The molecule has 12 nitrogen and oxygen atoms in total. The SMILES string of the molecule is CCN(CCO)C(=O)CCC1=C2C=NC=C[N+]2(N)C(C(=O)Nc2cccc(CNC(=O)Nc3ccc(C(F)(F)F)cc3)c2)=N1. The minimum absolute atomic E-state index is 0.0352. The van der Waals surface area contributed by atoms with Gasteiger partial charge in [-0.15, -0.1) is 4.59 Å². The summed E-state index contributed by atoms with van der Waals surface area (Å²) >= 11 is 0. The second kappa shape index (κ2) is 13.6. The van der Waals surface area contributed by atoms with Gasteiger partial charge in [-0.25, -0.2) is 4.79 Å². The van der Waals surface area contributed by atoms with Crippen molar-refractivity contribution in [2.75, 3.05) is 30.3 Å². The topological polar surface area (TPSA) is 162 Å². The molecule has 1 unspecified atom stereocenters. The molecule has 0 aliphatic carbocycles. The van der Waals surface area contributed by atoms with Crippen molar-refractivity contribution in [3.8, 4) is 0 Å². The lowest BCUT2D eigenvalue weighted by Gasteiger charge is -2.25. The molecule has 0 saturated carbocycles. The van der Waals surface area contributed by atoms with E-state index in [9.17, 15) is 32.7 Å². The summed E-state index contributed by atoms with van der Waals surface area (Å²) in [5, 5.41) is 17.0. The number of allylic oxidation sites excluding steroid dienone is 2. The Morgan fingerprint density at radius 2 is 1.82 bits per heavy atom. The number of aliphatic hydroxyl groups excluding tert-OH is 1. The first-order valence-electron chi connectivity index (χ1n) is 13.7. The smallest absolute Gasteiger partial charge is 0.395 e. The van der Waals surface area contributed by atoms with Crippen LogP contribution in [-0.4, -0.2) is 64.2 Å². The number of amidine groups is 1. The molecule has 0 spiro atoms. The van der Waals surface area contributed by atoms with Crippen LogP contribution in [0.25, 0.3) is 0 Å². The Kier molecular flexibility index (Phi) is 9.93. The van der Waals surface area contributed by atoms with Gasteiger partial charge in [0, 0.05) is 43.9 Å². The van der Waals surface area contributed by atoms with Gasteiger partial charge in [0.05, 0.1) is 24.6 Å². The largest absolute Gasteiger partial charge is 0.416 e. The predicted molar refractivity (Wildman–Crippen MR) is 157 cm³/mol. The van der Waals surface area contributed by atoms with Crippen LogP contribution in [0, 0.1) is 0 Å². The zero-order chi connectivity index (χ0) is 31.9. The minimum Gasteiger partial charge on any atom is -0.395 e. The molecule has 15 heteroatoms. The molecule has 0 radical (unpaired) electrons. The van der Waals surface area contributed by atoms with Crippen LogP contribution in [0.3, 0.4) is 0 Å². The number of amides is 4. The van der Waals surface area contributed by atoms with Gasteiger partial charge >= 0.3 is 24.0 Å². The number of anilines is 2. The van der Waals surface area contributed by atoms with Gasteiger partial charge < -0.3 is 26.0 Å². The molecule has 0 aromatic heterocycles. The molecule has 0 bridgehead atoms. The highest BCUT2D eigenvalue weighted by molar-refractivity contribution is 6.40. The monoisotopic (exact) mass is 613 g/mol. The highest BCUT2D eigenvalue weighted by Gasteiger charge is 2.47. The van der Waals surface area contributed by atoms with Crippen LogP contribution >= 0.6 is 0 Å². The highest BCUT2D eigenvalue weighted by Crippen LogP contribution is 2.31. The number of quaternary nitrogens is 1. The van der Waals surface area contributed by atoms with Gasteiger partial charge in [0.1, 0.15) is 11.9 Å². The summed E-state index contributed by atoms with van der Waals surface area (Å²) in [5.74, 6) is 5.78. The van der Waals surface area contributed by atoms with Crippen molar-refractivity contribution in [2.24, 2.45) is 15.8 Å². The molecule has 6 N–H and O–H groups in total. The number of rotatable bonds is 11.